The Balaban J connectivity index is 1.59. The SMILES string of the molecule is CCOC(=O)N1CCN(C(=O)C(CCC(=O)O)NC(=O)c2cc(-c3ccccc3)cc(-c3ccccc3F)n2)CC1. The first-order valence-electron chi connectivity index (χ1n) is 13.3. The molecule has 1 unspecified atom stereocenters. The summed E-state index contributed by atoms with van der Waals surface area (Å²) in [5, 5.41) is 11.9. The Labute approximate surface area is 236 Å². The number of rotatable bonds is 9. The lowest BCUT2D eigenvalue weighted by atomic mass is 10.0. The summed E-state index contributed by atoms with van der Waals surface area (Å²) in [5.74, 6) is -2.78. The Hall–Kier alpha value is -4.80. The van der Waals surface area contributed by atoms with Crippen LogP contribution in [0.15, 0.2) is 66.7 Å². The average Bonchev–Trinajstić information content (AvgIpc) is 2.99. The van der Waals surface area contributed by atoms with E-state index in [9.17, 15) is 28.7 Å². The zero-order valence-electron chi connectivity index (χ0n) is 22.6. The molecule has 214 valence electrons. The van der Waals surface area contributed by atoms with Gasteiger partial charge in [-0.1, -0.05) is 42.5 Å². The van der Waals surface area contributed by atoms with Gasteiger partial charge in [-0.05, 0) is 48.7 Å². The van der Waals surface area contributed by atoms with E-state index < -0.39 is 35.7 Å². The summed E-state index contributed by atoms with van der Waals surface area (Å²) in [6, 6.07) is 17.4. The molecule has 41 heavy (non-hydrogen) atoms. The molecule has 2 heterocycles. The van der Waals surface area contributed by atoms with Crippen molar-refractivity contribution in [3.8, 4) is 22.4 Å². The predicted molar refractivity (Wildman–Crippen MR) is 148 cm³/mol. The number of ether oxygens (including phenoxy) is 1. The largest absolute Gasteiger partial charge is 0.481 e. The third-order valence-electron chi connectivity index (χ3n) is 6.68. The molecule has 1 aliphatic heterocycles. The standard InChI is InChI=1S/C30H31FN4O6/c1-2-41-30(40)35-16-14-34(15-17-35)29(39)24(12-13-27(36)37)33-28(38)26-19-21(20-8-4-3-5-9-20)18-25(32-26)22-10-6-7-11-23(22)31/h3-11,18-19,24H,2,12-17H2,1H3,(H,33,38)(H,36,37). The molecule has 11 heteroatoms. The highest BCUT2D eigenvalue weighted by Gasteiger charge is 2.31. The maximum atomic E-state index is 14.7. The van der Waals surface area contributed by atoms with Crippen molar-refractivity contribution in [3.63, 3.8) is 0 Å². The van der Waals surface area contributed by atoms with Gasteiger partial charge in [0, 0.05) is 38.2 Å². The zero-order chi connectivity index (χ0) is 29.4. The van der Waals surface area contributed by atoms with Gasteiger partial charge >= 0.3 is 12.1 Å². The molecule has 2 aromatic carbocycles. The Morgan fingerprint density at radius 1 is 0.951 bits per heavy atom. The summed E-state index contributed by atoms with van der Waals surface area (Å²) in [5.41, 5.74) is 1.78. The number of nitrogens with zero attached hydrogens (tertiary/aromatic N) is 3. The van der Waals surface area contributed by atoms with Crippen LogP contribution in [0.4, 0.5) is 9.18 Å². The van der Waals surface area contributed by atoms with Gasteiger partial charge in [0.25, 0.3) is 5.91 Å². The molecule has 0 saturated carbocycles. The number of carboxylic acids is 1. The molecule has 0 radical (unpaired) electrons. The van der Waals surface area contributed by atoms with Gasteiger partial charge in [-0.3, -0.25) is 14.4 Å². The Kier molecular flexibility index (Phi) is 9.62. The topological polar surface area (TPSA) is 129 Å². The van der Waals surface area contributed by atoms with Crippen molar-refractivity contribution >= 4 is 23.9 Å². The third-order valence-corrected chi connectivity index (χ3v) is 6.68. The summed E-state index contributed by atoms with van der Waals surface area (Å²) in [4.78, 5) is 57.6. The van der Waals surface area contributed by atoms with E-state index in [-0.39, 0.29) is 62.6 Å². The number of aliphatic carboxylic acids is 1. The summed E-state index contributed by atoms with van der Waals surface area (Å²) < 4.78 is 19.7. The van der Waals surface area contributed by atoms with Crippen molar-refractivity contribution in [2.45, 2.75) is 25.8 Å². The predicted octanol–water partition coefficient (Wildman–Crippen LogP) is 3.82. The van der Waals surface area contributed by atoms with Crippen LogP contribution in [-0.4, -0.2) is 82.6 Å². The van der Waals surface area contributed by atoms with Crippen molar-refractivity contribution in [1.29, 1.82) is 0 Å². The fraction of sp³-hybridized carbons (Fsp3) is 0.300. The molecular weight excluding hydrogens is 531 g/mol. The fourth-order valence-electron chi connectivity index (χ4n) is 4.55. The van der Waals surface area contributed by atoms with Gasteiger partial charge in [0.15, 0.2) is 0 Å². The second-order valence-electron chi connectivity index (χ2n) is 9.44. The van der Waals surface area contributed by atoms with Crippen LogP contribution in [0.25, 0.3) is 22.4 Å². The van der Waals surface area contributed by atoms with E-state index in [2.05, 4.69) is 10.3 Å². The fourth-order valence-corrected chi connectivity index (χ4v) is 4.55. The van der Waals surface area contributed by atoms with Gasteiger partial charge in [0.05, 0.1) is 12.3 Å². The minimum atomic E-state index is -1.15. The normalized spacial score (nSPS) is 13.8. The van der Waals surface area contributed by atoms with E-state index in [1.807, 2.05) is 30.3 Å². The number of nitrogens with one attached hydrogen (secondary N) is 1. The van der Waals surface area contributed by atoms with E-state index >= 15 is 0 Å². The molecule has 3 amide bonds. The van der Waals surface area contributed by atoms with Crippen LogP contribution in [-0.2, 0) is 14.3 Å². The van der Waals surface area contributed by atoms with Gasteiger partial charge in [-0.15, -0.1) is 0 Å². The van der Waals surface area contributed by atoms with Crippen LogP contribution in [0.1, 0.15) is 30.3 Å². The number of halogens is 1. The number of carbonyl (C=O) groups is 4. The summed E-state index contributed by atoms with van der Waals surface area (Å²) in [6.45, 7) is 2.84. The molecule has 2 N–H and O–H groups in total. The van der Waals surface area contributed by atoms with Gasteiger partial charge in [0.2, 0.25) is 5.91 Å². The summed E-state index contributed by atoms with van der Waals surface area (Å²) >= 11 is 0. The van der Waals surface area contributed by atoms with Crippen molar-refractivity contribution in [2.24, 2.45) is 0 Å². The molecule has 1 saturated heterocycles. The van der Waals surface area contributed by atoms with Crippen LogP contribution in [0.5, 0.6) is 0 Å². The molecule has 1 atom stereocenters. The maximum Gasteiger partial charge on any atom is 0.409 e. The molecule has 0 aliphatic carbocycles. The molecule has 4 rings (SSSR count). The first kappa shape index (κ1) is 29.2. The van der Waals surface area contributed by atoms with E-state index in [1.54, 1.807) is 37.3 Å². The van der Waals surface area contributed by atoms with E-state index in [4.69, 9.17) is 4.74 Å². The minimum absolute atomic E-state index is 0.0511. The Morgan fingerprint density at radius 2 is 1.61 bits per heavy atom. The smallest absolute Gasteiger partial charge is 0.409 e. The van der Waals surface area contributed by atoms with Crippen LogP contribution in [0.2, 0.25) is 0 Å². The van der Waals surface area contributed by atoms with Crippen molar-refractivity contribution in [3.05, 3.63) is 78.2 Å². The van der Waals surface area contributed by atoms with Gasteiger partial charge < -0.3 is 25.0 Å². The first-order chi connectivity index (χ1) is 19.8. The van der Waals surface area contributed by atoms with E-state index in [0.29, 0.717) is 5.56 Å². The number of carboxylic acid groups (broad SMARTS) is 1. The van der Waals surface area contributed by atoms with Crippen LogP contribution < -0.4 is 5.32 Å². The lowest BCUT2D eigenvalue weighted by molar-refractivity contribution is -0.138. The lowest BCUT2D eigenvalue weighted by Gasteiger charge is -2.35. The Bertz CT molecular complexity index is 1410. The second kappa shape index (κ2) is 13.5. The summed E-state index contributed by atoms with van der Waals surface area (Å²) in [6.07, 6.45) is -0.959. The zero-order valence-corrected chi connectivity index (χ0v) is 22.6. The molecule has 3 aromatic rings. The molecule has 1 aliphatic rings. The average molecular weight is 563 g/mol. The van der Waals surface area contributed by atoms with Gasteiger partial charge in [-0.2, -0.15) is 0 Å². The number of benzene rings is 2. The van der Waals surface area contributed by atoms with Crippen LogP contribution in [0, 0.1) is 5.82 Å². The van der Waals surface area contributed by atoms with Crippen molar-refractivity contribution in [2.75, 3.05) is 32.8 Å². The number of hydrogen-bond acceptors (Lipinski definition) is 6. The number of carbonyl (C=O) groups excluding carboxylic acids is 3. The molecule has 1 aromatic heterocycles. The highest BCUT2D eigenvalue weighted by Crippen LogP contribution is 2.27. The van der Waals surface area contributed by atoms with Gasteiger partial charge in [0.1, 0.15) is 17.6 Å². The lowest BCUT2D eigenvalue weighted by Crippen LogP contribution is -2.56. The first-order valence-corrected chi connectivity index (χ1v) is 13.3. The molecule has 10 nitrogen and oxygen atoms in total. The number of amides is 3. The maximum absolute atomic E-state index is 14.7. The Morgan fingerprint density at radius 3 is 2.27 bits per heavy atom. The molecule has 0 bridgehead atoms. The van der Waals surface area contributed by atoms with Crippen molar-refractivity contribution < 1.29 is 33.4 Å². The van der Waals surface area contributed by atoms with Gasteiger partial charge in [-0.25, -0.2) is 14.2 Å². The summed E-state index contributed by atoms with van der Waals surface area (Å²) in [7, 11) is 0. The molecular formula is C30H31FN4O6. The third kappa shape index (κ3) is 7.44. The minimum Gasteiger partial charge on any atom is -0.481 e. The highest BCUT2D eigenvalue weighted by molar-refractivity contribution is 5.98. The molecule has 0 spiro atoms. The van der Waals surface area contributed by atoms with E-state index in [1.165, 1.54) is 15.9 Å². The number of piperazine rings is 1. The quantitative estimate of drug-likeness (QED) is 0.406. The van der Waals surface area contributed by atoms with Crippen molar-refractivity contribution in [1.82, 2.24) is 20.1 Å². The van der Waals surface area contributed by atoms with Crippen LogP contribution >= 0.6 is 0 Å². The molecule has 1 fully saturated rings. The highest BCUT2D eigenvalue weighted by atomic mass is 19.1. The monoisotopic (exact) mass is 562 g/mol. The number of hydrogen-bond donors (Lipinski definition) is 2. The van der Waals surface area contributed by atoms with Crippen LogP contribution in [0.3, 0.4) is 0 Å². The van der Waals surface area contributed by atoms with E-state index in [0.717, 1.165) is 5.56 Å². The number of aromatic nitrogens is 1. The second-order valence-corrected chi connectivity index (χ2v) is 9.44. The number of pyridine rings is 1.